The average molecular weight is 320 g/mol. The minimum absolute atomic E-state index is 0.107. The van der Waals surface area contributed by atoms with Gasteiger partial charge < -0.3 is 14.4 Å². The summed E-state index contributed by atoms with van der Waals surface area (Å²) in [6.45, 7) is -2.40. The van der Waals surface area contributed by atoms with Crippen molar-refractivity contribution in [2.24, 2.45) is 0 Å². The molecule has 0 fully saturated rings. The summed E-state index contributed by atoms with van der Waals surface area (Å²) in [5, 5.41) is 10.6. The van der Waals surface area contributed by atoms with Crippen molar-refractivity contribution in [3.63, 3.8) is 0 Å². The number of nitrogens with zero attached hydrogens (tertiary/aromatic N) is 2. The predicted molar refractivity (Wildman–Crippen MR) is 68.9 cm³/mol. The highest BCUT2D eigenvalue weighted by Crippen LogP contribution is 2.25. The van der Waals surface area contributed by atoms with Crippen LogP contribution in [0.1, 0.15) is 10.5 Å². The summed E-state index contributed by atoms with van der Waals surface area (Å²) < 4.78 is 42.4. The van der Waals surface area contributed by atoms with Gasteiger partial charge in [0.1, 0.15) is 12.2 Å². The maximum Gasteiger partial charge on any atom is 0.406 e. The standard InChI is InChI=1S/C12H11F3N2O3S/c13-12(14,15)7-17(3-4-18)11(19)8-6-21-10(16-8)9-2-1-5-20-9/h1-2,5-6,18H,3-4,7H2. The first-order valence-electron chi connectivity index (χ1n) is 5.87. The molecule has 0 saturated heterocycles. The van der Waals surface area contributed by atoms with Crippen molar-refractivity contribution in [3.8, 4) is 10.8 Å². The van der Waals surface area contributed by atoms with Gasteiger partial charge in [-0.25, -0.2) is 4.98 Å². The van der Waals surface area contributed by atoms with Gasteiger partial charge in [0, 0.05) is 11.9 Å². The van der Waals surface area contributed by atoms with Gasteiger partial charge in [0.25, 0.3) is 5.91 Å². The number of carbonyl (C=O) groups is 1. The molecule has 0 spiro atoms. The smallest absolute Gasteiger partial charge is 0.406 e. The van der Waals surface area contributed by atoms with Gasteiger partial charge in [-0.3, -0.25) is 4.79 Å². The van der Waals surface area contributed by atoms with Crippen LogP contribution >= 0.6 is 11.3 Å². The number of thiazole rings is 1. The lowest BCUT2D eigenvalue weighted by molar-refractivity contribution is -0.141. The van der Waals surface area contributed by atoms with Gasteiger partial charge in [0.15, 0.2) is 10.8 Å². The molecule has 0 aliphatic heterocycles. The van der Waals surface area contributed by atoms with E-state index in [1.54, 1.807) is 12.1 Å². The van der Waals surface area contributed by atoms with Crippen molar-refractivity contribution in [3.05, 3.63) is 29.5 Å². The van der Waals surface area contributed by atoms with E-state index in [4.69, 9.17) is 9.52 Å². The molecule has 2 heterocycles. The molecule has 0 atom stereocenters. The Kier molecular flexibility index (Phi) is 4.63. The molecule has 0 aromatic carbocycles. The minimum atomic E-state index is -4.54. The van der Waals surface area contributed by atoms with Crippen LogP contribution < -0.4 is 0 Å². The average Bonchev–Trinajstić information content (AvgIpc) is 3.06. The number of halogens is 3. The summed E-state index contributed by atoms with van der Waals surface area (Å²) in [6.07, 6.45) is -3.11. The Balaban J connectivity index is 2.17. The lowest BCUT2D eigenvalue weighted by Gasteiger charge is -2.22. The monoisotopic (exact) mass is 320 g/mol. The molecule has 5 nitrogen and oxygen atoms in total. The Morgan fingerprint density at radius 3 is 2.81 bits per heavy atom. The number of aliphatic hydroxyl groups excluding tert-OH is 1. The zero-order valence-electron chi connectivity index (χ0n) is 10.6. The number of alkyl halides is 3. The molecule has 2 rings (SSSR count). The molecule has 1 N–H and O–H groups in total. The number of aliphatic hydroxyl groups is 1. The van der Waals surface area contributed by atoms with Gasteiger partial charge in [-0.05, 0) is 12.1 Å². The fraction of sp³-hybridized carbons (Fsp3) is 0.333. The number of carbonyl (C=O) groups excluding carboxylic acids is 1. The molecule has 9 heteroatoms. The third kappa shape index (κ3) is 4.05. The summed E-state index contributed by atoms with van der Waals surface area (Å²) in [7, 11) is 0. The molecule has 0 aliphatic rings. The van der Waals surface area contributed by atoms with E-state index in [2.05, 4.69) is 4.98 Å². The first kappa shape index (κ1) is 15.5. The topological polar surface area (TPSA) is 66.6 Å². The van der Waals surface area contributed by atoms with E-state index in [1.165, 1.54) is 11.6 Å². The Morgan fingerprint density at radius 2 is 2.24 bits per heavy atom. The second-order valence-corrected chi connectivity index (χ2v) is 4.94. The van der Waals surface area contributed by atoms with E-state index in [0.29, 0.717) is 15.7 Å². The van der Waals surface area contributed by atoms with Gasteiger partial charge in [0.05, 0.1) is 12.9 Å². The van der Waals surface area contributed by atoms with Crippen LogP contribution in [0.4, 0.5) is 13.2 Å². The van der Waals surface area contributed by atoms with Crippen molar-refractivity contribution in [2.45, 2.75) is 6.18 Å². The number of hydrogen-bond donors (Lipinski definition) is 1. The van der Waals surface area contributed by atoms with Crippen LogP contribution in [0.3, 0.4) is 0 Å². The molecule has 21 heavy (non-hydrogen) atoms. The van der Waals surface area contributed by atoms with Crippen molar-refractivity contribution in [1.82, 2.24) is 9.88 Å². The normalized spacial score (nSPS) is 11.6. The predicted octanol–water partition coefficient (Wildman–Crippen LogP) is 2.40. The maximum absolute atomic E-state index is 12.4. The Hall–Kier alpha value is -1.87. The number of furan rings is 1. The Labute approximate surface area is 121 Å². The zero-order chi connectivity index (χ0) is 15.5. The molecule has 0 radical (unpaired) electrons. The van der Waals surface area contributed by atoms with Gasteiger partial charge in [-0.15, -0.1) is 11.3 Å². The summed E-state index contributed by atoms with van der Waals surface area (Å²) in [4.78, 5) is 16.5. The van der Waals surface area contributed by atoms with Crippen LogP contribution in [-0.4, -0.2) is 46.8 Å². The van der Waals surface area contributed by atoms with Crippen LogP contribution in [0.5, 0.6) is 0 Å². The number of aromatic nitrogens is 1. The van der Waals surface area contributed by atoms with Crippen LogP contribution in [0.25, 0.3) is 10.8 Å². The molecule has 0 bridgehead atoms. The number of hydrogen-bond acceptors (Lipinski definition) is 5. The zero-order valence-corrected chi connectivity index (χ0v) is 11.4. The molecule has 0 unspecified atom stereocenters. The van der Waals surface area contributed by atoms with E-state index in [1.807, 2.05) is 0 Å². The van der Waals surface area contributed by atoms with E-state index in [-0.39, 0.29) is 5.69 Å². The Morgan fingerprint density at radius 1 is 1.48 bits per heavy atom. The van der Waals surface area contributed by atoms with E-state index in [9.17, 15) is 18.0 Å². The maximum atomic E-state index is 12.4. The summed E-state index contributed by atoms with van der Waals surface area (Å²) in [6, 6.07) is 3.27. The SMILES string of the molecule is O=C(c1csc(-c2ccco2)n1)N(CCO)CC(F)(F)F. The first-order chi connectivity index (χ1) is 9.90. The summed E-state index contributed by atoms with van der Waals surface area (Å²) in [5.41, 5.74) is -0.107. The van der Waals surface area contributed by atoms with Crippen molar-refractivity contribution >= 4 is 17.2 Å². The van der Waals surface area contributed by atoms with Crippen LogP contribution in [0.15, 0.2) is 28.2 Å². The highest BCUT2D eigenvalue weighted by Gasteiger charge is 2.33. The first-order valence-corrected chi connectivity index (χ1v) is 6.75. The fourth-order valence-electron chi connectivity index (χ4n) is 1.64. The van der Waals surface area contributed by atoms with Crippen molar-refractivity contribution < 1.29 is 27.5 Å². The van der Waals surface area contributed by atoms with Gasteiger partial charge in [0.2, 0.25) is 0 Å². The van der Waals surface area contributed by atoms with E-state index >= 15 is 0 Å². The van der Waals surface area contributed by atoms with Crippen molar-refractivity contribution in [2.75, 3.05) is 19.7 Å². The molecule has 0 saturated carbocycles. The molecule has 2 aromatic heterocycles. The molecular weight excluding hydrogens is 309 g/mol. The third-order valence-electron chi connectivity index (χ3n) is 2.48. The number of amides is 1. The molecular formula is C12H11F3N2O3S. The van der Waals surface area contributed by atoms with E-state index < -0.39 is 31.8 Å². The van der Waals surface area contributed by atoms with Gasteiger partial charge in [-0.2, -0.15) is 13.2 Å². The lowest BCUT2D eigenvalue weighted by Crippen LogP contribution is -2.40. The van der Waals surface area contributed by atoms with Crippen LogP contribution in [0.2, 0.25) is 0 Å². The fourth-order valence-corrected chi connectivity index (χ4v) is 2.40. The number of rotatable bonds is 5. The van der Waals surface area contributed by atoms with Gasteiger partial charge in [-0.1, -0.05) is 0 Å². The van der Waals surface area contributed by atoms with Gasteiger partial charge >= 0.3 is 6.18 Å². The highest BCUT2D eigenvalue weighted by molar-refractivity contribution is 7.13. The second kappa shape index (κ2) is 6.27. The summed E-state index contributed by atoms with van der Waals surface area (Å²) >= 11 is 1.09. The lowest BCUT2D eigenvalue weighted by atomic mass is 10.3. The quantitative estimate of drug-likeness (QED) is 0.919. The third-order valence-corrected chi connectivity index (χ3v) is 3.34. The molecule has 114 valence electrons. The van der Waals surface area contributed by atoms with Crippen LogP contribution in [0, 0.1) is 0 Å². The Bertz CT molecular complexity index is 595. The minimum Gasteiger partial charge on any atom is -0.462 e. The highest BCUT2D eigenvalue weighted by atomic mass is 32.1. The summed E-state index contributed by atoms with van der Waals surface area (Å²) in [5.74, 6) is -0.445. The molecule has 2 aromatic rings. The largest absolute Gasteiger partial charge is 0.462 e. The second-order valence-electron chi connectivity index (χ2n) is 4.08. The van der Waals surface area contributed by atoms with Crippen molar-refractivity contribution in [1.29, 1.82) is 0 Å². The van der Waals surface area contributed by atoms with E-state index in [0.717, 1.165) is 11.3 Å². The molecule has 0 aliphatic carbocycles. The van der Waals surface area contributed by atoms with Crippen LogP contribution in [-0.2, 0) is 0 Å². The molecule has 1 amide bonds.